The zero-order chi connectivity index (χ0) is 12.4. The number of amides is 1. The van der Waals surface area contributed by atoms with E-state index in [1.165, 1.54) is 37.7 Å². The van der Waals surface area contributed by atoms with E-state index in [1.807, 2.05) is 18.2 Å². The highest BCUT2D eigenvalue weighted by Gasteiger charge is 2.31. The lowest BCUT2D eigenvalue weighted by molar-refractivity contribution is -0.119. The van der Waals surface area contributed by atoms with Crippen molar-refractivity contribution in [1.29, 1.82) is 0 Å². The van der Waals surface area contributed by atoms with Crippen molar-refractivity contribution in [2.45, 2.75) is 44.7 Å². The summed E-state index contributed by atoms with van der Waals surface area (Å²) in [7, 11) is 0. The van der Waals surface area contributed by atoms with Gasteiger partial charge in [0.25, 0.3) is 0 Å². The van der Waals surface area contributed by atoms with E-state index in [2.05, 4.69) is 16.7 Å². The van der Waals surface area contributed by atoms with Gasteiger partial charge < -0.3 is 10.6 Å². The van der Waals surface area contributed by atoms with Gasteiger partial charge in [0.2, 0.25) is 5.91 Å². The number of hydrogen-bond donors (Lipinski definition) is 2. The Morgan fingerprint density at radius 3 is 2.67 bits per heavy atom. The number of rotatable bonds is 1. The third kappa shape index (κ3) is 2.27. The predicted octanol–water partition coefficient (Wildman–Crippen LogP) is 2.68. The standard InChI is InChI=1S/C15H20N2O/c18-15-14(11-6-2-1-3-7-11)16-10-12-8-4-5-9-13(12)17-15/h4-5,8-9,11,14,16H,1-3,6-7,10H2,(H,17,18)/t14-/m0/s1. The highest BCUT2D eigenvalue weighted by Crippen LogP contribution is 2.29. The smallest absolute Gasteiger partial charge is 0.241 e. The van der Waals surface area contributed by atoms with Gasteiger partial charge in [-0.1, -0.05) is 37.5 Å². The van der Waals surface area contributed by atoms with Crippen LogP contribution in [0.25, 0.3) is 0 Å². The Bertz CT molecular complexity index is 438. The SMILES string of the molecule is O=C1Nc2ccccc2CN[C@H]1C1CCCCC1. The number of para-hydroxylation sites is 1. The van der Waals surface area contributed by atoms with Gasteiger partial charge in [0.05, 0.1) is 6.04 Å². The lowest BCUT2D eigenvalue weighted by Crippen LogP contribution is -2.44. The molecule has 0 aromatic heterocycles. The first kappa shape index (κ1) is 11.7. The van der Waals surface area contributed by atoms with E-state index in [4.69, 9.17) is 0 Å². The Labute approximate surface area is 108 Å². The van der Waals surface area contributed by atoms with Crippen LogP contribution in [0.2, 0.25) is 0 Å². The molecule has 96 valence electrons. The van der Waals surface area contributed by atoms with Gasteiger partial charge >= 0.3 is 0 Å². The lowest BCUT2D eigenvalue weighted by Gasteiger charge is -2.28. The van der Waals surface area contributed by atoms with Crippen LogP contribution in [0.5, 0.6) is 0 Å². The lowest BCUT2D eigenvalue weighted by atomic mass is 9.83. The van der Waals surface area contributed by atoms with Gasteiger partial charge in [-0.05, 0) is 30.4 Å². The van der Waals surface area contributed by atoms with Crippen molar-refractivity contribution in [3.63, 3.8) is 0 Å². The third-order valence-electron chi connectivity index (χ3n) is 4.19. The monoisotopic (exact) mass is 244 g/mol. The molecule has 1 aromatic carbocycles. The average Bonchev–Trinajstić information content (AvgIpc) is 2.58. The molecule has 3 rings (SSSR count). The van der Waals surface area contributed by atoms with Crippen LogP contribution in [0.4, 0.5) is 5.69 Å². The van der Waals surface area contributed by atoms with E-state index in [0.717, 1.165) is 12.2 Å². The number of benzene rings is 1. The maximum atomic E-state index is 12.3. The van der Waals surface area contributed by atoms with Crippen LogP contribution in [-0.2, 0) is 11.3 Å². The molecule has 3 nitrogen and oxygen atoms in total. The number of fused-ring (bicyclic) bond motifs is 1. The van der Waals surface area contributed by atoms with E-state index in [0.29, 0.717) is 5.92 Å². The molecule has 0 unspecified atom stereocenters. The molecule has 0 radical (unpaired) electrons. The van der Waals surface area contributed by atoms with Crippen LogP contribution in [0.3, 0.4) is 0 Å². The number of carbonyl (C=O) groups is 1. The van der Waals surface area contributed by atoms with Gasteiger partial charge in [0, 0.05) is 12.2 Å². The molecule has 0 bridgehead atoms. The van der Waals surface area contributed by atoms with Crippen molar-refractivity contribution < 1.29 is 4.79 Å². The summed E-state index contributed by atoms with van der Waals surface area (Å²) in [6, 6.07) is 8.04. The largest absolute Gasteiger partial charge is 0.324 e. The summed E-state index contributed by atoms with van der Waals surface area (Å²) in [5, 5.41) is 6.51. The van der Waals surface area contributed by atoms with Crippen molar-refractivity contribution in [2.75, 3.05) is 5.32 Å². The van der Waals surface area contributed by atoms with Gasteiger partial charge in [-0.25, -0.2) is 0 Å². The Kier molecular flexibility index (Phi) is 3.33. The molecular weight excluding hydrogens is 224 g/mol. The normalized spacial score (nSPS) is 25.1. The van der Waals surface area contributed by atoms with Gasteiger partial charge in [-0.15, -0.1) is 0 Å². The van der Waals surface area contributed by atoms with Gasteiger partial charge in [0.15, 0.2) is 0 Å². The van der Waals surface area contributed by atoms with E-state index in [-0.39, 0.29) is 11.9 Å². The first-order valence-corrected chi connectivity index (χ1v) is 6.97. The molecule has 1 atom stereocenters. The summed E-state index contributed by atoms with van der Waals surface area (Å²) >= 11 is 0. The van der Waals surface area contributed by atoms with Crippen LogP contribution in [0, 0.1) is 5.92 Å². The van der Waals surface area contributed by atoms with Gasteiger partial charge in [-0.3, -0.25) is 4.79 Å². The van der Waals surface area contributed by atoms with Crippen molar-refractivity contribution in [1.82, 2.24) is 5.32 Å². The molecule has 2 N–H and O–H groups in total. The van der Waals surface area contributed by atoms with E-state index < -0.39 is 0 Å². The molecule has 1 saturated carbocycles. The number of nitrogens with one attached hydrogen (secondary N) is 2. The summed E-state index contributed by atoms with van der Waals surface area (Å²) in [5.74, 6) is 0.653. The van der Waals surface area contributed by atoms with Crippen LogP contribution < -0.4 is 10.6 Å². The minimum absolute atomic E-state index is 0.0160. The first-order valence-electron chi connectivity index (χ1n) is 6.97. The summed E-state index contributed by atoms with van der Waals surface area (Å²) in [5.41, 5.74) is 2.15. The Hall–Kier alpha value is -1.35. The van der Waals surface area contributed by atoms with Crippen molar-refractivity contribution in [2.24, 2.45) is 5.92 Å². The topological polar surface area (TPSA) is 41.1 Å². The minimum Gasteiger partial charge on any atom is -0.324 e. The number of carbonyl (C=O) groups excluding carboxylic acids is 1. The quantitative estimate of drug-likeness (QED) is 0.797. The van der Waals surface area contributed by atoms with Gasteiger partial charge in [-0.2, -0.15) is 0 Å². The second-order valence-electron chi connectivity index (χ2n) is 5.40. The maximum Gasteiger partial charge on any atom is 0.241 e. The number of hydrogen-bond acceptors (Lipinski definition) is 2. The molecule has 1 fully saturated rings. The molecule has 2 aliphatic rings. The Morgan fingerprint density at radius 1 is 1.06 bits per heavy atom. The Balaban J connectivity index is 1.78. The van der Waals surface area contributed by atoms with Crippen molar-refractivity contribution in [3.05, 3.63) is 29.8 Å². The second kappa shape index (κ2) is 5.11. The third-order valence-corrected chi connectivity index (χ3v) is 4.19. The fourth-order valence-electron chi connectivity index (χ4n) is 3.17. The van der Waals surface area contributed by atoms with Crippen molar-refractivity contribution >= 4 is 11.6 Å². The van der Waals surface area contributed by atoms with Crippen molar-refractivity contribution in [3.8, 4) is 0 Å². The summed E-state index contributed by atoms with van der Waals surface area (Å²) in [6.45, 7) is 0.788. The molecule has 0 saturated heterocycles. The van der Waals surface area contributed by atoms with E-state index in [9.17, 15) is 4.79 Å². The van der Waals surface area contributed by atoms with Gasteiger partial charge in [0.1, 0.15) is 0 Å². The summed E-state index contributed by atoms with van der Waals surface area (Å²) in [4.78, 5) is 12.3. The van der Waals surface area contributed by atoms with E-state index >= 15 is 0 Å². The second-order valence-corrected chi connectivity index (χ2v) is 5.40. The summed E-state index contributed by atoms with van der Waals surface area (Å²) < 4.78 is 0. The maximum absolute atomic E-state index is 12.3. The molecule has 1 aromatic rings. The fourth-order valence-corrected chi connectivity index (χ4v) is 3.17. The summed E-state index contributed by atoms with van der Waals surface area (Å²) in [6.07, 6.45) is 6.22. The highest BCUT2D eigenvalue weighted by molar-refractivity contribution is 5.96. The molecule has 1 amide bonds. The zero-order valence-electron chi connectivity index (χ0n) is 10.6. The van der Waals surface area contributed by atoms with Crippen LogP contribution >= 0.6 is 0 Å². The van der Waals surface area contributed by atoms with Crippen LogP contribution in [0.1, 0.15) is 37.7 Å². The molecule has 18 heavy (non-hydrogen) atoms. The molecule has 1 heterocycles. The average molecular weight is 244 g/mol. The molecule has 1 aliphatic heterocycles. The zero-order valence-corrected chi connectivity index (χ0v) is 10.6. The Morgan fingerprint density at radius 2 is 1.83 bits per heavy atom. The highest BCUT2D eigenvalue weighted by atomic mass is 16.2. The molecule has 0 spiro atoms. The first-order chi connectivity index (χ1) is 8.84. The predicted molar refractivity (Wildman–Crippen MR) is 72.3 cm³/mol. The molecule has 1 aliphatic carbocycles. The number of anilines is 1. The molecule has 3 heteroatoms. The molecular formula is C15H20N2O. The fraction of sp³-hybridized carbons (Fsp3) is 0.533. The minimum atomic E-state index is -0.0160. The van der Waals surface area contributed by atoms with E-state index in [1.54, 1.807) is 0 Å². The van der Waals surface area contributed by atoms with Crippen LogP contribution in [-0.4, -0.2) is 11.9 Å². The van der Waals surface area contributed by atoms with Crippen LogP contribution in [0.15, 0.2) is 24.3 Å².